The average Bonchev–Trinajstić information content (AvgIpc) is 2.72. The van der Waals surface area contributed by atoms with Crippen molar-refractivity contribution < 1.29 is 19.2 Å². The van der Waals surface area contributed by atoms with Crippen molar-refractivity contribution in [3.63, 3.8) is 0 Å². The summed E-state index contributed by atoms with van der Waals surface area (Å²) in [6.45, 7) is 0. The molecule has 1 aromatic heterocycles. The lowest BCUT2D eigenvalue weighted by molar-refractivity contribution is -0.384. The lowest BCUT2D eigenvalue weighted by Crippen LogP contribution is -2.04. The number of aromatic carboxylic acids is 1. The number of rotatable bonds is 4. The number of nitrogens with zero attached hydrogens (tertiary/aromatic N) is 4. The fourth-order valence-electron chi connectivity index (χ4n) is 1.52. The Morgan fingerprint density at radius 2 is 2.20 bits per heavy atom. The van der Waals surface area contributed by atoms with Crippen molar-refractivity contribution in [3.8, 4) is 0 Å². The van der Waals surface area contributed by atoms with E-state index in [1.165, 1.54) is 7.05 Å². The van der Waals surface area contributed by atoms with Gasteiger partial charge < -0.3 is 10.4 Å². The molecule has 10 heteroatoms. The zero-order valence-electron chi connectivity index (χ0n) is 10.1. The molecule has 0 aliphatic carbocycles. The number of nitro groups is 1. The summed E-state index contributed by atoms with van der Waals surface area (Å²) in [6, 6.07) is 2.85. The molecular formula is C10H8FN5O4. The van der Waals surface area contributed by atoms with Gasteiger partial charge in [0, 0.05) is 7.05 Å². The van der Waals surface area contributed by atoms with Gasteiger partial charge in [-0.1, -0.05) is 0 Å². The topological polar surface area (TPSA) is 123 Å². The minimum Gasteiger partial charge on any atom is -0.476 e. The number of carbonyl (C=O) groups is 1. The SMILES string of the molecule is Cn1nc(Nc2ccc(F)cc2[N+](=O)[O-])c(C(=O)O)n1. The molecule has 0 unspecified atom stereocenters. The standard InChI is InChI=1S/C10H8FN5O4/c1-15-13-8(10(17)18)9(14-15)12-6-3-2-5(11)4-7(6)16(19)20/h2-4H,1H3,(H,12,14)(H,17,18). The van der Waals surface area contributed by atoms with Crippen molar-refractivity contribution in [2.75, 3.05) is 5.32 Å². The van der Waals surface area contributed by atoms with Gasteiger partial charge in [0.05, 0.1) is 11.0 Å². The van der Waals surface area contributed by atoms with E-state index in [1.807, 2.05) is 0 Å². The molecule has 2 aromatic rings. The number of nitrogens with one attached hydrogen (secondary N) is 1. The van der Waals surface area contributed by atoms with Gasteiger partial charge in [0.1, 0.15) is 11.5 Å². The van der Waals surface area contributed by atoms with E-state index in [2.05, 4.69) is 15.5 Å². The van der Waals surface area contributed by atoms with E-state index in [0.717, 1.165) is 23.0 Å². The number of hydrogen-bond acceptors (Lipinski definition) is 6. The highest BCUT2D eigenvalue weighted by Crippen LogP contribution is 2.28. The zero-order valence-corrected chi connectivity index (χ0v) is 10.1. The molecule has 0 saturated carbocycles. The van der Waals surface area contributed by atoms with Crippen LogP contribution in [-0.2, 0) is 7.05 Å². The first-order valence-electron chi connectivity index (χ1n) is 5.24. The molecule has 1 aromatic carbocycles. The third-order valence-electron chi connectivity index (χ3n) is 2.33. The number of aryl methyl sites for hydroxylation is 1. The molecule has 0 bridgehead atoms. The first-order chi connectivity index (χ1) is 9.38. The lowest BCUT2D eigenvalue weighted by Gasteiger charge is -2.04. The minimum atomic E-state index is -1.34. The molecule has 1 heterocycles. The highest BCUT2D eigenvalue weighted by atomic mass is 19.1. The Morgan fingerprint density at radius 3 is 2.80 bits per heavy atom. The first-order valence-corrected chi connectivity index (χ1v) is 5.24. The van der Waals surface area contributed by atoms with Crippen LogP contribution in [-0.4, -0.2) is 31.0 Å². The molecule has 0 aliphatic heterocycles. The summed E-state index contributed by atoms with van der Waals surface area (Å²) < 4.78 is 13.0. The molecule has 9 nitrogen and oxygen atoms in total. The second-order valence-electron chi connectivity index (χ2n) is 3.74. The predicted octanol–water partition coefficient (Wildman–Crippen LogP) is 1.30. The van der Waals surface area contributed by atoms with Crippen LogP contribution in [0.15, 0.2) is 18.2 Å². The first kappa shape index (κ1) is 13.4. The monoisotopic (exact) mass is 281 g/mol. The van der Waals surface area contributed by atoms with Gasteiger partial charge in [-0.3, -0.25) is 10.1 Å². The van der Waals surface area contributed by atoms with E-state index in [1.54, 1.807) is 0 Å². The second kappa shape index (κ2) is 4.91. The van der Waals surface area contributed by atoms with Crippen LogP contribution in [0.3, 0.4) is 0 Å². The maximum absolute atomic E-state index is 13.0. The summed E-state index contributed by atoms with van der Waals surface area (Å²) in [5.41, 5.74) is -1.02. The molecule has 0 atom stereocenters. The quantitative estimate of drug-likeness (QED) is 0.639. The van der Waals surface area contributed by atoms with Gasteiger partial charge in [0.15, 0.2) is 5.82 Å². The predicted molar refractivity (Wildman–Crippen MR) is 64.3 cm³/mol. The number of carboxylic acid groups (broad SMARTS) is 1. The molecule has 2 rings (SSSR count). The van der Waals surface area contributed by atoms with Crippen molar-refractivity contribution in [3.05, 3.63) is 39.8 Å². The Labute approximate surface area is 110 Å². The summed E-state index contributed by atoms with van der Waals surface area (Å²) in [6.07, 6.45) is 0. The van der Waals surface area contributed by atoms with Crippen LogP contribution in [0, 0.1) is 15.9 Å². The van der Waals surface area contributed by atoms with Crippen LogP contribution >= 0.6 is 0 Å². The fourth-order valence-corrected chi connectivity index (χ4v) is 1.52. The summed E-state index contributed by atoms with van der Waals surface area (Å²) >= 11 is 0. The van der Waals surface area contributed by atoms with E-state index in [-0.39, 0.29) is 11.5 Å². The van der Waals surface area contributed by atoms with Gasteiger partial charge >= 0.3 is 5.97 Å². The summed E-state index contributed by atoms with van der Waals surface area (Å²) in [7, 11) is 1.40. The number of carboxylic acids is 1. The maximum Gasteiger partial charge on any atom is 0.360 e. The van der Waals surface area contributed by atoms with Crippen molar-refractivity contribution >= 4 is 23.2 Å². The van der Waals surface area contributed by atoms with Crippen LogP contribution in [0.2, 0.25) is 0 Å². The Kier molecular flexibility index (Phi) is 3.29. The number of aromatic nitrogens is 3. The minimum absolute atomic E-state index is 0.0839. The van der Waals surface area contributed by atoms with Gasteiger partial charge in [-0.2, -0.15) is 4.80 Å². The largest absolute Gasteiger partial charge is 0.476 e. The van der Waals surface area contributed by atoms with E-state index in [0.29, 0.717) is 0 Å². The fraction of sp³-hybridized carbons (Fsp3) is 0.100. The lowest BCUT2D eigenvalue weighted by atomic mass is 10.2. The smallest absolute Gasteiger partial charge is 0.360 e. The van der Waals surface area contributed by atoms with Gasteiger partial charge in [-0.05, 0) is 12.1 Å². The molecule has 0 saturated heterocycles. The van der Waals surface area contributed by atoms with Crippen LogP contribution in [0.4, 0.5) is 21.6 Å². The van der Waals surface area contributed by atoms with Gasteiger partial charge in [0.25, 0.3) is 5.69 Å². The second-order valence-corrected chi connectivity index (χ2v) is 3.74. The van der Waals surface area contributed by atoms with Crippen molar-refractivity contribution in [1.29, 1.82) is 0 Å². The van der Waals surface area contributed by atoms with Gasteiger partial charge in [0.2, 0.25) is 5.69 Å². The highest BCUT2D eigenvalue weighted by Gasteiger charge is 2.21. The number of hydrogen-bond donors (Lipinski definition) is 2. The molecule has 20 heavy (non-hydrogen) atoms. The molecule has 0 spiro atoms. The highest BCUT2D eigenvalue weighted by molar-refractivity contribution is 5.92. The summed E-state index contributed by atoms with van der Waals surface area (Å²) in [5.74, 6) is -2.29. The Balaban J connectivity index is 2.45. The third kappa shape index (κ3) is 2.53. The number of anilines is 2. The van der Waals surface area contributed by atoms with E-state index in [9.17, 15) is 19.3 Å². The number of nitro benzene ring substituents is 1. The third-order valence-corrected chi connectivity index (χ3v) is 2.33. The zero-order chi connectivity index (χ0) is 14.9. The molecule has 104 valence electrons. The van der Waals surface area contributed by atoms with E-state index < -0.39 is 28.1 Å². The van der Waals surface area contributed by atoms with Crippen LogP contribution in [0.5, 0.6) is 0 Å². The maximum atomic E-state index is 13.0. The van der Waals surface area contributed by atoms with E-state index >= 15 is 0 Å². The van der Waals surface area contributed by atoms with Crippen LogP contribution in [0.1, 0.15) is 10.5 Å². The Bertz CT molecular complexity index is 699. The summed E-state index contributed by atoms with van der Waals surface area (Å²) in [5, 5.41) is 29.6. The molecule has 2 N–H and O–H groups in total. The van der Waals surface area contributed by atoms with Crippen LogP contribution < -0.4 is 5.32 Å². The van der Waals surface area contributed by atoms with Crippen molar-refractivity contribution in [1.82, 2.24) is 15.0 Å². The van der Waals surface area contributed by atoms with E-state index in [4.69, 9.17) is 5.11 Å². The number of halogens is 1. The molecule has 0 fully saturated rings. The Hall–Kier alpha value is -3.04. The van der Waals surface area contributed by atoms with Crippen LogP contribution in [0.25, 0.3) is 0 Å². The molecular weight excluding hydrogens is 273 g/mol. The number of benzene rings is 1. The molecule has 0 amide bonds. The average molecular weight is 281 g/mol. The normalized spacial score (nSPS) is 10.3. The summed E-state index contributed by atoms with van der Waals surface area (Å²) in [4.78, 5) is 22.0. The van der Waals surface area contributed by atoms with Gasteiger partial charge in [-0.25, -0.2) is 9.18 Å². The molecule has 0 aliphatic rings. The molecule has 0 radical (unpaired) electrons. The van der Waals surface area contributed by atoms with Gasteiger partial charge in [-0.15, -0.1) is 10.2 Å². The van der Waals surface area contributed by atoms with Crippen molar-refractivity contribution in [2.24, 2.45) is 7.05 Å². The Morgan fingerprint density at radius 1 is 1.50 bits per heavy atom. The van der Waals surface area contributed by atoms with Crippen molar-refractivity contribution in [2.45, 2.75) is 0 Å².